The summed E-state index contributed by atoms with van der Waals surface area (Å²) in [5, 5.41) is 7.41. The molecular formula is C42H80N2. The highest BCUT2D eigenvalue weighted by molar-refractivity contribution is 5.68. The van der Waals surface area contributed by atoms with Crippen LogP contribution >= 0.6 is 0 Å². The highest BCUT2D eigenvalue weighted by Gasteiger charge is 2.01. The molecule has 0 fully saturated rings. The molecule has 0 saturated carbocycles. The van der Waals surface area contributed by atoms with Crippen LogP contribution in [0, 0.1) is 0 Å². The third kappa shape index (κ3) is 28.3. The Balaban J connectivity index is 1.87. The number of rotatable bonds is 36. The second-order valence-electron chi connectivity index (χ2n) is 14.0. The van der Waals surface area contributed by atoms with E-state index >= 15 is 0 Å². The highest BCUT2D eigenvalue weighted by atomic mass is 14.9. The van der Waals surface area contributed by atoms with E-state index in [2.05, 4.69) is 48.7 Å². The normalized spacial score (nSPS) is 11.3. The maximum atomic E-state index is 3.71. The molecule has 0 heterocycles. The van der Waals surface area contributed by atoms with Gasteiger partial charge in [-0.3, -0.25) is 0 Å². The molecule has 2 N–H and O–H groups in total. The summed E-state index contributed by atoms with van der Waals surface area (Å²) in [6.07, 6.45) is 45.8. The first-order valence-corrected chi connectivity index (χ1v) is 20.4. The molecule has 0 saturated heterocycles. The first-order valence-electron chi connectivity index (χ1n) is 20.4. The minimum atomic E-state index is 1.09. The molecule has 1 aromatic carbocycles. The van der Waals surface area contributed by atoms with Crippen LogP contribution < -0.4 is 10.6 Å². The van der Waals surface area contributed by atoms with Crippen molar-refractivity contribution in [3.05, 3.63) is 24.3 Å². The first kappa shape index (κ1) is 40.8. The molecule has 0 unspecified atom stereocenters. The molecule has 1 aromatic rings. The Bertz CT molecular complexity index is 614. The lowest BCUT2D eigenvalue weighted by Crippen LogP contribution is -2.07. The van der Waals surface area contributed by atoms with Crippen molar-refractivity contribution < 1.29 is 0 Å². The second kappa shape index (κ2) is 34.7. The predicted molar refractivity (Wildman–Crippen MR) is 203 cm³/mol. The van der Waals surface area contributed by atoms with E-state index in [9.17, 15) is 0 Å². The van der Waals surface area contributed by atoms with Crippen LogP contribution in [0.2, 0.25) is 0 Å². The summed E-state index contributed by atoms with van der Waals surface area (Å²) in [5.41, 5.74) is 2.56. The van der Waals surface area contributed by atoms with Gasteiger partial charge in [0.25, 0.3) is 0 Å². The summed E-state index contributed by atoms with van der Waals surface area (Å²) in [4.78, 5) is 0. The molecule has 0 aliphatic heterocycles. The zero-order chi connectivity index (χ0) is 31.4. The first-order chi connectivity index (χ1) is 21.9. The number of anilines is 2. The summed E-state index contributed by atoms with van der Waals surface area (Å²) < 4.78 is 0. The van der Waals surface area contributed by atoms with Gasteiger partial charge in [0.1, 0.15) is 0 Å². The lowest BCUT2D eigenvalue weighted by atomic mass is 10.0. The van der Waals surface area contributed by atoms with E-state index in [1.807, 2.05) is 0 Å². The fraction of sp³-hybridized carbons (Fsp3) is 0.857. The van der Waals surface area contributed by atoms with Gasteiger partial charge in [-0.1, -0.05) is 219 Å². The molecule has 0 spiro atoms. The molecule has 0 aliphatic carbocycles. The monoisotopic (exact) mass is 613 g/mol. The van der Waals surface area contributed by atoms with Crippen molar-refractivity contribution in [3.8, 4) is 0 Å². The highest BCUT2D eigenvalue weighted by Crippen LogP contribution is 2.22. The van der Waals surface area contributed by atoms with E-state index in [4.69, 9.17) is 0 Å². The molecule has 2 nitrogen and oxygen atoms in total. The van der Waals surface area contributed by atoms with Crippen molar-refractivity contribution in [3.63, 3.8) is 0 Å². The fourth-order valence-corrected chi connectivity index (χ4v) is 6.58. The lowest BCUT2D eigenvalue weighted by Gasteiger charge is -2.14. The molecule has 0 radical (unpaired) electrons. The van der Waals surface area contributed by atoms with Crippen molar-refractivity contribution in [1.29, 1.82) is 0 Å². The third-order valence-corrected chi connectivity index (χ3v) is 9.62. The van der Waals surface area contributed by atoms with Gasteiger partial charge in [0.2, 0.25) is 0 Å². The standard InChI is InChI=1S/C42H80N2/c1-3-5-7-9-11-13-15-17-19-21-23-25-27-29-31-35-39-43-41-37-33-34-38-42(41)44-40-36-32-30-28-26-24-22-20-18-16-14-12-10-8-6-4-2/h33-34,37-38,43-44H,3-32,35-36,39-40H2,1-2H3. The minimum Gasteiger partial charge on any atom is -0.383 e. The van der Waals surface area contributed by atoms with Crippen LogP contribution in [-0.2, 0) is 0 Å². The average Bonchev–Trinajstić information content (AvgIpc) is 3.04. The number of hydrogen-bond donors (Lipinski definition) is 2. The van der Waals surface area contributed by atoms with Crippen LogP contribution in [0.25, 0.3) is 0 Å². The van der Waals surface area contributed by atoms with Gasteiger partial charge >= 0.3 is 0 Å². The van der Waals surface area contributed by atoms with E-state index in [-0.39, 0.29) is 0 Å². The van der Waals surface area contributed by atoms with Gasteiger partial charge in [-0.05, 0) is 25.0 Å². The van der Waals surface area contributed by atoms with Crippen LogP contribution in [-0.4, -0.2) is 13.1 Å². The van der Waals surface area contributed by atoms with Gasteiger partial charge in [-0.2, -0.15) is 0 Å². The van der Waals surface area contributed by atoms with Gasteiger partial charge in [-0.15, -0.1) is 0 Å². The van der Waals surface area contributed by atoms with Crippen LogP contribution in [0.3, 0.4) is 0 Å². The predicted octanol–water partition coefficient (Wildman–Crippen LogP) is 15.0. The lowest BCUT2D eigenvalue weighted by molar-refractivity contribution is 0.530. The van der Waals surface area contributed by atoms with Gasteiger partial charge < -0.3 is 10.6 Å². The summed E-state index contributed by atoms with van der Waals surface area (Å²) in [7, 11) is 0. The van der Waals surface area contributed by atoms with Gasteiger partial charge in [0.05, 0.1) is 11.4 Å². The number of nitrogens with one attached hydrogen (secondary N) is 2. The molecule has 0 aromatic heterocycles. The fourth-order valence-electron chi connectivity index (χ4n) is 6.58. The number of benzene rings is 1. The Morgan fingerprint density at radius 1 is 0.295 bits per heavy atom. The Hall–Kier alpha value is -1.18. The molecule has 2 heteroatoms. The molecule has 0 aliphatic rings. The maximum absolute atomic E-state index is 3.71. The van der Waals surface area contributed by atoms with E-state index in [1.54, 1.807) is 0 Å². The third-order valence-electron chi connectivity index (χ3n) is 9.62. The van der Waals surface area contributed by atoms with E-state index < -0.39 is 0 Å². The van der Waals surface area contributed by atoms with Crippen LogP contribution in [0.15, 0.2) is 24.3 Å². The zero-order valence-corrected chi connectivity index (χ0v) is 30.4. The van der Waals surface area contributed by atoms with Crippen LogP contribution in [0.5, 0.6) is 0 Å². The van der Waals surface area contributed by atoms with Crippen molar-refractivity contribution in [1.82, 2.24) is 0 Å². The van der Waals surface area contributed by atoms with Crippen molar-refractivity contribution in [2.24, 2.45) is 0 Å². The van der Waals surface area contributed by atoms with E-state index in [1.165, 1.54) is 217 Å². The van der Waals surface area contributed by atoms with Gasteiger partial charge in [-0.25, -0.2) is 0 Å². The summed E-state index contributed by atoms with van der Waals surface area (Å²) >= 11 is 0. The molecule has 44 heavy (non-hydrogen) atoms. The summed E-state index contributed by atoms with van der Waals surface area (Å²) in [6.45, 7) is 6.80. The molecule has 0 atom stereocenters. The summed E-state index contributed by atoms with van der Waals surface area (Å²) in [5.74, 6) is 0. The van der Waals surface area contributed by atoms with Gasteiger partial charge in [0, 0.05) is 13.1 Å². The summed E-state index contributed by atoms with van der Waals surface area (Å²) in [6, 6.07) is 8.80. The number of hydrogen-bond acceptors (Lipinski definition) is 2. The van der Waals surface area contributed by atoms with Gasteiger partial charge in [0.15, 0.2) is 0 Å². The minimum absolute atomic E-state index is 1.09. The molecule has 0 amide bonds. The molecule has 0 bridgehead atoms. The second-order valence-corrected chi connectivity index (χ2v) is 14.0. The average molecular weight is 613 g/mol. The molecular weight excluding hydrogens is 532 g/mol. The number of para-hydroxylation sites is 2. The SMILES string of the molecule is CCCCCCCCCCCCCCCCCCNc1ccccc1NCCCCCCCCCCCCCCCCCC. The molecule has 258 valence electrons. The maximum Gasteiger partial charge on any atom is 0.0575 e. The number of unbranched alkanes of at least 4 members (excludes halogenated alkanes) is 30. The van der Waals surface area contributed by atoms with Crippen LogP contribution in [0.1, 0.15) is 219 Å². The quantitative estimate of drug-likeness (QED) is 0.0737. The molecule has 1 rings (SSSR count). The van der Waals surface area contributed by atoms with E-state index in [0.29, 0.717) is 0 Å². The van der Waals surface area contributed by atoms with Crippen molar-refractivity contribution >= 4 is 11.4 Å². The Morgan fingerprint density at radius 3 is 0.727 bits per heavy atom. The Kier molecular flexibility index (Phi) is 32.2. The zero-order valence-electron chi connectivity index (χ0n) is 30.4. The largest absolute Gasteiger partial charge is 0.383 e. The van der Waals surface area contributed by atoms with Crippen molar-refractivity contribution in [2.75, 3.05) is 23.7 Å². The Labute approximate surface area is 278 Å². The smallest absolute Gasteiger partial charge is 0.0575 e. The topological polar surface area (TPSA) is 24.1 Å². The van der Waals surface area contributed by atoms with E-state index in [0.717, 1.165) is 13.1 Å². The Morgan fingerprint density at radius 2 is 0.500 bits per heavy atom. The van der Waals surface area contributed by atoms with Crippen LogP contribution in [0.4, 0.5) is 11.4 Å². The van der Waals surface area contributed by atoms with Crippen molar-refractivity contribution in [2.45, 2.75) is 219 Å².